The Morgan fingerprint density at radius 1 is 1.19 bits per heavy atom. The van der Waals surface area contributed by atoms with Gasteiger partial charge in [0.2, 0.25) is 0 Å². The van der Waals surface area contributed by atoms with E-state index in [1.807, 2.05) is 13.2 Å². The molecule has 1 aromatic rings. The van der Waals surface area contributed by atoms with Crippen molar-refractivity contribution < 1.29 is 0 Å². The Morgan fingerprint density at radius 3 is 2.71 bits per heavy atom. The zero-order valence-electron chi connectivity index (χ0n) is 13.3. The zero-order chi connectivity index (χ0) is 14.7. The molecule has 1 aromatic heterocycles. The standard InChI is InChI=1S/C16H27N5/c1-3-20-9-6-13(7-10-20)21-8-4-5-15(21)14-11-18-12-16(17-2)19-14/h11-13,15H,3-10H2,1-2H3,(H,17,19). The quantitative estimate of drug-likeness (QED) is 0.920. The zero-order valence-corrected chi connectivity index (χ0v) is 13.3. The molecule has 0 aromatic carbocycles. The number of hydrogen-bond donors (Lipinski definition) is 1. The monoisotopic (exact) mass is 289 g/mol. The molecule has 0 bridgehead atoms. The smallest absolute Gasteiger partial charge is 0.144 e. The fraction of sp³-hybridized carbons (Fsp3) is 0.750. The van der Waals surface area contributed by atoms with E-state index >= 15 is 0 Å². The van der Waals surface area contributed by atoms with E-state index in [2.05, 4.69) is 27.0 Å². The van der Waals surface area contributed by atoms with Crippen LogP contribution in [0.15, 0.2) is 12.4 Å². The van der Waals surface area contributed by atoms with E-state index in [9.17, 15) is 0 Å². The summed E-state index contributed by atoms with van der Waals surface area (Å²) in [4.78, 5) is 14.3. The maximum Gasteiger partial charge on any atom is 0.144 e. The molecule has 1 unspecified atom stereocenters. The highest BCUT2D eigenvalue weighted by Crippen LogP contribution is 2.35. The molecule has 0 spiro atoms. The summed E-state index contributed by atoms with van der Waals surface area (Å²) in [5.74, 6) is 0.875. The van der Waals surface area contributed by atoms with E-state index in [-0.39, 0.29) is 0 Å². The molecule has 2 aliphatic heterocycles. The van der Waals surface area contributed by atoms with Crippen molar-refractivity contribution in [1.82, 2.24) is 19.8 Å². The molecular formula is C16H27N5. The van der Waals surface area contributed by atoms with Crippen molar-refractivity contribution in [2.24, 2.45) is 0 Å². The van der Waals surface area contributed by atoms with Crippen LogP contribution in [0.2, 0.25) is 0 Å². The second kappa shape index (κ2) is 6.71. The van der Waals surface area contributed by atoms with E-state index < -0.39 is 0 Å². The minimum Gasteiger partial charge on any atom is -0.372 e. The lowest BCUT2D eigenvalue weighted by Gasteiger charge is -2.38. The molecule has 5 heteroatoms. The fourth-order valence-electron chi connectivity index (χ4n) is 3.77. The first kappa shape index (κ1) is 14.7. The average molecular weight is 289 g/mol. The highest BCUT2D eigenvalue weighted by molar-refractivity contribution is 5.31. The molecule has 5 nitrogen and oxygen atoms in total. The van der Waals surface area contributed by atoms with Crippen LogP contribution in [0, 0.1) is 0 Å². The first-order valence-electron chi connectivity index (χ1n) is 8.29. The average Bonchev–Trinajstić information content (AvgIpc) is 3.04. The summed E-state index contributed by atoms with van der Waals surface area (Å²) >= 11 is 0. The first-order valence-corrected chi connectivity index (χ1v) is 8.29. The maximum atomic E-state index is 4.72. The summed E-state index contributed by atoms with van der Waals surface area (Å²) < 4.78 is 0. The molecule has 1 atom stereocenters. The fourth-order valence-corrected chi connectivity index (χ4v) is 3.77. The Morgan fingerprint density at radius 2 is 2.00 bits per heavy atom. The van der Waals surface area contributed by atoms with Gasteiger partial charge in [-0.15, -0.1) is 0 Å². The Balaban J connectivity index is 1.70. The number of nitrogens with zero attached hydrogens (tertiary/aromatic N) is 4. The molecule has 2 fully saturated rings. The Labute approximate surface area is 127 Å². The number of nitrogens with one attached hydrogen (secondary N) is 1. The van der Waals surface area contributed by atoms with Crippen molar-refractivity contribution in [3.05, 3.63) is 18.1 Å². The normalized spacial score (nSPS) is 25.3. The van der Waals surface area contributed by atoms with E-state index in [0.29, 0.717) is 6.04 Å². The SMILES string of the molecule is CCN1CCC(N2CCCC2c2cncc(NC)n2)CC1. The van der Waals surface area contributed by atoms with Gasteiger partial charge in [0, 0.05) is 13.1 Å². The molecule has 0 aliphatic carbocycles. The third kappa shape index (κ3) is 3.19. The Hall–Kier alpha value is -1.20. The van der Waals surface area contributed by atoms with Crippen LogP contribution in [0.4, 0.5) is 5.82 Å². The van der Waals surface area contributed by atoms with Crippen molar-refractivity contribution in [2.45, 2.75) is 44.7 Å². The largest absolute Gasteiger partial charge is 0.372 e. The molecule has 21 heavy (non-hydrogen) atoms. The molecule has 116 valence electrons. The van der Waals surface area contributed by atoms with Crippen LogP contribution < -0.4 is 5.32 Å². The van der Waals surface area contributed by atoms with Gasteiger partial charge in [-0.25, -0.2) is 4.98 Å². The Bertz CT molecular complexity index is 456. The van der Waals surface area contributed by atoms with Crippen molar-refractivity contribution >= 4 is 5.82 Å². The molecule has 0 amide bonds. The molecule has 2 aliphatic rings. The number of rotatable bonds is 4. The van der Waals surface area contributed by atoms with E-state index in [4.69, 9.17) is 4.98 Å². The van der Waals surface area contributed by atoms with Gasteiger partial charge in [-0.3, -0.25) is 9.88 Å². The summed E-state index contributed by atoms with van der Waals surface area (Å²) in [5, 5.41) is 3.10. The lowest BCUT2D eigenvalue weighted by molar-refractivity contribution is 0.0997. The molecule has 2 saturated heterocycles. The molecule has 0 saturated carbocycles. The highest BCUT2D eigenvalue weighted by Gasteiger charge is 2.34. The van der Waals surface area contributed by atoms with Gasteiger partial charge in [0.1, 0.15) is 5.82 Å². The molecule has 3 rings (SSSR count). The van der Waals surface area contributed by atoms with Crippen molar-refractivity contribution in [3.8, 4) is 0 Å². The van der Waals surface area contributed by atoms with E-state index in [1.165, 1.54) is 51.9 Å². The molecular weight excluding hydrogens is 262 g/mol. The summed E-state index contributed by atoms with van der Waals surface area (Å²) in [7, 11) is 1.90. The second-order valence-electron chi connectivity index (χ2n) is 6.14. The molecule has 0 radical (unpaired) electrons. The minimum atomic E-state index is 0.462. The van der Waals surface area contributed by atoms with Gasteiger partial charge in [-0.1, -0.05) is 6.92 Å². The van der Waals surface area contributed by atoms with Crippen LogP contribution >= 0.6 is 0 Å². The summed E-state index contributed by atoms with van der Waals surface area (Å²) in [5.41, 5.74) is 1.14. The predicted octanol–water partition coefficient (Wildman–Crippen LogP) is 2.14. The maximum absolute atomic E-state index is 4.72. The van der Waals surface area contributed by atoms with Gasteiger partial charge in [0.25, 0.3) is 0 Å². The third-order valence-electron chi connectivity index (χ3n) is 5.02. The first-order chi connectivity index (χ1) is 10.3. The summed E-state index contributed by atoms with van der Waals surface area (Å²) in [6.45, 7) is 7.15. The lowest BCUT2D eigenvalue weighted by atomic mass is 10.0. The summed E-state index contributed by atoms with van der Waals surface area (Å²) in [6, 6.07) is 1.18. The van der Waals surface area contributed by atoms with Crippen LogP contribution in [-0.4, -0.2) is 59.0 Å². The number of aromatic nitrogens is 2. The Kier molecular flexibility index (Phi) is 4.70. The number of likely N-dealkylation sites (tertiary alicyclic amines) is 2. The van der Waals surface area contributed by atoms with Crippen LogP contribution in [0.1, 0.15) is 44.3 Å². The number of piperidine rings is 1. The predicted molar refractivity (Wildman–Crippen MR) is 85.4 cm³/mol. The van der Waals surface area contributed by atoms with Crippen LogP contribution in [0.25, 0.3) is 0 Å². The molecule has 3 heterocycles. The van der Waals surface area contributed by atoms with Crippen LogP contribution in [0.5, 0.6) is 0 Å². The van der Waals surface area contributed by atoms with Gasteiger partial charge in [0.15, 0.2) is 0 Å². The third-order valence-corrected chi connectivity index (χ3v) is 5.02. The van der Waals surface area contributed by atoms with Gasteiger partial charge in [-0.05, 0) is 51.9 Å². The topological polar surface area (TPSA) is 44.3 Å². The van der Waals surface area contributed by atoms with E-state index in [0.717, 1.165) is 17.6 Å². The van der Waals surface area contributed by atoms with Gasteiger partial charge < -0.3 is 10.2 Å². The summed E-state index contributed by atoms with van der Waals surface area (Å²) in [6.07, 6.45) is 8.83. The van der Waals surface area contributed by atoms with Gasteiger partial charge in [-0.2, -0.15) is 0 Å². The lowest BCUT2D eigenvalue weighted by Crippen LogP contribution is -2.44. The van der Waals surface area contributed by atoms with Crippen molar-refractivity contribution in [2.75, 3.05) is 38.5 Å². The minimum absolute atomic E-state index is 0.462. The van der Waals surface area contributed by atoms with Crippen molar-refractivity contribution in [3.63, 3.8) is 0 Å². The highest BCUT2D eigenvalue weighted by atomic mass is 15.2. The number of hydrogen-bond acceptors (Lipinski definition) is 5. The van der Waals surface area contributed by atoms with Gasteiger partial charge >= 0.3 is 0 Å². The van der Waals surface area contributed by atoms with Crippen molar-refractivity contribution in [1.29, 1.82) is 0 Å². The van der Waals surface area contributed by atoms with Gasteiger partial charge in [0.05, 0.1) is 24.1 Å². The van der Waals surface area contributed by atoms with Crippen LogP contribution in [-0.2, 0) is 0 Å². The van der Waals surface area contributed by atoms with E-state index in [1.54, 1.807) is 6.20 Å². The molecule has 1 N–H and O–H groups in total. The second-order valence-corrected chi connectivity index (χ2v) is 6.14. The number of anilines is 1. The van der Waals surface area contributed by atoms with Crippen LogP contribution in [0.3, 0.4) is 0 Å².